The molecule has 3 aromatic rings. The molecule has 1 aromatic heterocycles. The van der Waals surface area contributed by atoms with Crippen LogP contribution in [0.5, 0.6) is 5.75 Å². The number of piperidine rings is 1. The Morgan fingerprint density at radius 3 is 2.61 bits per heavy atom. The third-order valence-corrected chi connectivity index (χ3v) is 5.66. The van der Waals surface area contributed by atoms with Gasteiger partial charge >= 0.3 is 0 Å². The summed E-state index contributed by atoms with van der Waals surface area (Å²) in [4.78, 5) is 17.9. The van der Waals surface area contributed by atoms with Crippen molar-refractivity contribution in [2.24, 2.45) is 0 Å². The van der Waals surface area contributed by atoms with E-state index in [1.54, 1.807) is 13.2 Å². The van der Waals surface area contributed by atoms with Crippen molar-refractivity contribution in [1.82, 2.24) is 9.88 Å². The van der Waals surface area contributed by atoms with Crippen LogP contribution in [-0.4, -0.2) is 36.0 Å². The van der Waals surface area contributed by atoms with Gasteiger partial charge in [0.15, 0.2) is 0 Å². The van der Waals surface area contributed by atoms with Gasteiger partial charge in [0.25, 0.3) is 0 Å². The standard InChI is InChI=1S/C24H26N2O2/c1-17-3-5-18(6-4-17)7-10-24(27)26-13-11-19(12-14-26)22-16-25-23-9-8-20(28-2)15-21(22)23/h3-10,15-16,19,25H,11-14H2,1-2H3/b10-7+. The van der Waals surface area contributed by atoms with Crippen LogP contribution in [0, 0.1) is 6.92 Å². The first-order valence-electron chi connectivity index (χ1n) is 9.83. The number of hydrogen-bond donors (Lipinski definition) is 1. The molecule has 0 saturated carbocycles. The first-order chi connectivity index (χ1) is 13.6. The summed E-state index contributed by atoms with van der Waals surface area (Å²) in [5.41, 5.74) is 4.74. The Morgan fingerprint density at radius 1 is 1.14 bits per heavy atom. The molecule has 1 aliphatic heterocycles. The molecule has 4 heteroatoms. The minimum atomic E-state index is 0.0969. The van der Waals surface area contributed by atoms with E-state index < -0.39 is 0 Å². The summed E-state index contributed by atoms with van der Waals surface area (Å²) in [6.07, 6.45) is 7.67. The van der Waals surface area contributed by atoms with Crippen molar-refractivity contribution in [1.29, 1.82) is 0 Å². The fourth-order valence-electron chi connectivity index (χ4n) is 3.95. The van der Waals surface area contributed by atoms with Crippen molar-refractivity contribution >= 4 is 22.9 Å². The molecule has 1 N–H and O–H groups in total. The highest BCUT2D eigenvalue weighted by Gasteiger charge is 2.24. The lowest BCUT2D eigenvalue weighted by molar-refractivity contribution is -0.126. The zero-order valence-corrected chi connectivity index (χ0v) is 16.4. The average Bonchev–Trinajstić information content (AvgIpc) is 3.16. The maximum Gasteiger partial charge on any atom is 0.246 e. The SMILES string of the molecule is COc1ccc2[nH]cc(C3CCN(C(=O)/C=C/c4ccc(C)cc4)CC3)c2c1. The molecular formula is C24H26N2O2. The van der Waals surface area contributed by atoms with Gasteiger partial charge in [-0.2, -0.15) is 0 Å². The van der Waals surface area contributed by atoms with Gasteiger partial charge in [0.1, 0.15) is 5.75 Å². The van der Waals surface area contributed by atoms with Gasteiger partial charge < -0.3 is 14.6 Å². The number of carbonyl (C=O) groups excluding carboxylic acids is 1. The monoisotopic (exact) mass is 374 g/mol. The molecular weight excluding hydrogens is 348 g/mol. The number of ether oxygens (including phenoxy) is 1. The summed E-state index contributed by atoms with van der Waals surface area (Å²) in [6.45, 7) is 3.64. The largest absolute Gasteiger partial charge is 0.497 e. The Bertz CT molecular complexity index is 993. The molecule has 1 fully saturated rings. The second-order valence-electron chi connectivity index (χ2n) is 7.50. The number of aryl methyl sites for hydroxylation is 1. The molecule has 2 aromatic carbocycles. The summed E-state index contributed by atoms with van der Waals surface area (Å²) in [5, 5.41) is 1.23. The van der Waals surface area contributed by atoms with Crippen LogP contribution in [0.25, 0.3) is 17.0 Å². The number of aromatic amines is 1. The number of nitrogens with zero attached hydrogens (tertiary/aromatic N) is 1. The zero-order valence-electron chi connectivity index (χ0n) is 16.4. The minimum Gasteiger partial charge on any atom is -0.497 e. The van der Waals surface area contributed by atoms with Gasteiger partial charge in [-0.3, -0.25) is 4.79 Å². The van der Waals surface area contributed by atoms with Crippen molar-refractivity contribution in [2.75, 3.05) is 20.2 Å². The third kappa shape index (κ3) is 3.81. The summed E-state index contributed by atoms with van der Waals surface area (Å²) < 4.78 is 5.38. The smallest absolute Gasteiger partial charge is 0.246 e. The lowest BCUT2D eigenvalue weighted by Crippen LogP contribution is -2.36. The second-order valence-corrected chi connectivity index (χ2v) is 7.50. The first kappa shape index (κ1) is 18.4. The summed E-state index contributed by atoms with van der Waals surface area (Å²) >= 11 is 0. The third-order valence-electron chi connectivity index (χ3n) is 5.66. The van der Waals surface area contributed by atoms with Crippen LogP contribution in [0.15, 0.2) is 54.7 Å². The number of H-pyrrole nitrogens is 1. The molecule has 28 heavy (non-hydrogen) atoms. The first-order valence-corrected chi connectivity index (χ1v) is 9.83. The van der Waals surface area contributed by atoms with Crippen LogP contribution < -0.4 is 4.74 Å². The van der Waals surface area contributed by atoms with E-state index in [1.807, 2.05) is 29.2 Å². The number of carbonyl (C=O) groups is 1. The molecule has 1 amide bonds. The number of rotatable bonds is 4. The predicted molar refractivity (Wildman–Crippen MR) is 114 cm³/mol. The molecule has 0 radical (unpaired) electrons. The molecule has 1 saturated heterocycles. The van der Waals surface area contributed by atoms with Crippen LogP contribution in [0.2, 0.25) is 0 Å². The quantitative estimate of drug-likeness (QED) is 0.660. The van der Waals surface area contributed by atoms with Crippen molar-refractivity contribution in [3.63, 3.8) is 0 Å². The van der Waals surface area contributed by atoms with E-state index in [9.17, 15) is 4.79 Å². The molecule has 1 aliphatic rings. The van der Waals surface area contributed by atoms with Gasteiger partial charge in [-0.15, -0.1) is 0 Å². The Balaban J connectivity index is 1.40. The number of aromatic nitrogens is 1. The Hall–Kier alpha value is -3.01. The van der Waals surface area contributed by atoms with Gasteiger partial charge in [-0.25, -0.2) is 0 Å². The fraction of sp³-hybridized carbons (Fsp3) is 0.292. The van der Waals surface area contributed by atoms with E-state index in [0.29, 0.717) is 5.92 Å². The highest BCUT2D eigenvalue weighted by Crippen LogP contribution is 2.34. The van der Waals surface area contributed by atoms with E-state index in [0.717, 1.165) is 42.8 Å². The lowest BCUT2D eigenvalue weighted by Gasteiger charge is -2.31. The number of nitrogens with one attached hydrogen (secondary N) is 1. The molecule has 4 rings (SSSR count). The number of benzene rings is 2. The summed E-state index contributed by atoms with van der Waals surface area (Å²) in [6, 6.07) is 14.3. The number of methoxy groups -OCH3 is 1. The van der Waals surface area contributed by atoms with E-state index in [1.165, 1.54) is 16.5 Å². The highest BCUT2D eigenvalue weighted by atomic mass is 16.5. The molecule has 4 nitrogen and oxygen atoms in total. The van der Waals surface area contributed by atoms with Crippen LogP contribution >= 0.6 is 0 Å². The second kappa shape index (κ2) is 7.93. The van der Waals surface area contributed by atoms with Gasteiger partial charge in [-0.1, -0.05) is 29.8 Å². The van der Waals surface area contributed by atoms with Crippen LogP contribution in [0.1, 0.15) is 35.4 Å². The molecule has 2 heterocycles. The molecule has 144 valence electrons. The summed E-state index contributed by atoms with van der Waals surface area (Å²) in [5.74, 6) is 1.44. The molecule has 0 spiro atoms. The van der Waals surface area contributed by atoms with Gasteiger partial charge in [0.05, 0.1) is 7.11 Å². The fourth-order valence-corrected chi connectivity index (χ4v) is 3.95. The molecule has 0 atom stereocenters. The maximum absolute atomic E-state index is 12.5. The number of amides is 1. The Morgan fingerprint density at radius 2 is 1.89 bits per heavy atom. The van der Waals surface area contributed by atoms with Crippen LogP contribution in [0.4, 0.5) is 0 Å². The van der Waals surface area contributed by atoms with Crippen molar-refractivity contribution < 1.29 is 9.53 Å². The van der Waals surface area contributed by atoms with Crippen molar-refractivity contribution in [3.05, 3.63) is 71.4 Å². The number of hydrogen-bond acceptors (Lipinski definition) is 2. The van der Waals surface area contributed by atoms with Gasteiger partial charge in [-0.05, 0) is 61.1 Å². The van der Waals surface area contributed by atoms with Crippen molar-refractivity contribution in [3.8, 4) is 5.75 Å². The Kier molecular flexibility index (Phi) is 5.20. The van der Waals surface area contributed by atoms with Crippen LogP contribution in [-0.2, 0) is 4.79 Å². The predicted octanol–water partition coefficient (Wildman–Crippen LogP) is 4.90. The molecule has 0 bridgehead atoms. The number of likely N-dealkylation sites (tertiary alicyclic amines) is 1. The lowest BCUT2D eigenvalue weighted by atomic mass is 9.89. The maximum atomic E-state index is 12.5. The van der Waals surface area contributed by atoms with E-state index in [4.69, 9.17) is 4.74 Å². The summed E-state index contributed by atoms with van der Waals surface area (Å²) in [7, 11) is 1.70. The topological polar surface area (TPSA) is 45.3 Å². The van der Waals surface area contributed by atoms with E-state index in [-0.39, 0.29) is 5.91 Å². The normalized spacial score (nSPS) is 15.4. The highest BCUT2D eigenvalue weighted by molar-refractivity contribution is 5.92. The number of fused-ring (bicyclic) bond motifs is 1. The zero-order chi connectivity index (χ0) is 19.5. The minimum absolute atomic E-state index is 0.0969. The van der Waals surface area contributed by atoms with E-state index >= 15 is 0 Å². The van der Waals surface area contributed by atoms with Gasteiger partial charge in [0.2, 0.25) is 5.91 Å². The van der Waals surface area contributed by atoms with E-state index in [2.05, 4.69) is 42.4 Å². The van der Waals surface area contributed by atoms with Gasteiger partial charge in [0, 0.05) is 36.3 Å². The molecule has 0 aliphatic carbocycles. The Labute approximate surface area is 165 Å². The molecule has 0 unspecified atom stereocenters. The van der Waals surface area contributed by atoms with Crippen molar-refractivity contribution in [2.45, 2.75) is 25.7 Å². The average molecular weight is 374 g/mol. The van der Waals surface area contributed by atoms with Crippen LogP contribution in [0.3, 0.4) is 0 Å².